The number of aliphatic carboxylic acids is 1. The molecule has 3 saturated carbocycles. The SMILES string of the molecule is CC(=O)O[C@@H]1C[C@@]23COC[C@](C)([C@@H]2CC[C@H]2C3=CC[C@@]3(C)[C@H](C(=O)O)[C@@](C)([C@H](C)C(C)C)CC[C@]23C)[C@H]1OCC(C)(C(C)C)N(C)C. The van der Waals surface area contributed by atoms with E-state index in [4.69, 9.17) is 14.2 Å². The molecule has 1 aliphatic heterocycles. The Kier molecular flexibility index (Phi) is 9.49. The molecule has 4 fully saturated rings. The van der Waals surface area contributed by atoms with Gasteiger partial charge in [-0.25, -0.2) is 0 Å². The third-order valence-corrected chi connectivity index (χ3v) is 16.2. The number of hydrogen-bond donors (Lipinski definition) is 1. The van der Waals surface area contributed by atoms with Gasteiger partial charge >= 0.3 is 11.9 Å². The molecule has 1 saturated heterocycles. The van der Waals surface area contributed by atoms with Crippen LogP contribution in [0.2, 0.25) is 0 Å². The number of carboxylic acid groups (broad SMARTS) is 1. The number of carboxylic acids is 1. The maximum atomic E-state index is 13.4. The highest BCUT2D eigenvalue weighted by molar-refractivity contribution is 5.73. The van der Waals surface area contributed by atoms with Crippen LogP contribution in [0.3, 0.4) is 0 Å². The number of rotatable bonds is 9. The smallest absolute Gasteiger partial charge is 0.307 e. The zero-order valence-corrected chi connectivity index (χ0v) is 32.0. The largest absolute Gasteiger partial charge is 0.481 e. The third-order valence-electron chi connectivity index (χ3n) is 16.2. The lowest BCUT2D eigenvalue weighted by Crippen LogP contribution is -2.70. The van der Waals surface area contributed by atoms with Crippen molar-refractivity contribution in [2.24, 2.45) is 62.6 Å². The van der Waals surface area contributed by atoms with Gasteiger partial charge in [0.15, 0.2) is 0 Å². The first-order valence-electron chi connectivity index (χ1n) is 18.6. The lowest BCUT2D eigenvalue weighted by Gasteiger charge is -2.71. The molecule has 5 rings (SSSR count). The van der Waals surface area contributed by atoms with Crippen LogP contribution in [0.1, 0.15) is 115 Å². The minimum atomic E-state index is -0.635. The Balaban J connectivity index is 1.57. The second kappa shape index (κ2) is 12.1. The number of carbonyl (C=O) groups excluding carboxylic acids is 1. The summed E-state index contributed by atoms with van der Waals surface area (Å²) >= 11 is 0. The fourth-order valence-corrected chi connectivity index (χ4v) is 12.3. The fraction of sp³-hybridized carbons (Fsp3) is 0.900. The van der Waals surface area contributed by atoms with Gasteiger partial charge < -0.3 is 24.2 Å². The van der Waals surface area contributed by atoms with Crippen molar-refractivity contribution in [3.05, 3.63) is 11.6 Å². The molecule has 0 spiro atoms. The van der Waals surface area contributed by atoms with E-state index in [0.717, 1.165) is 32.1 Å². The van der Waals surface area contributed by atoms with E-state index >= 15 is 0 Å². The van der Waals surface area contributed by atoms with Crippen molar-refractivity contribution in [1.82, 2.24) is 4.90 Å². The Bertz CT molecular complexity index is 1250. The van der Waals surface area contributed by atoms with E-state index in [0.29, 0.717) is 49.9 Å². The van der Waals surface area contributed by atoms with Gasteiger partial charge in [0, 0.05) is 23.3 Å². The number of fused-ring (bicyclic) bond motifs is 3. The molecule has 0 aromatic rings. The first-order chi connectivity index (χ1) is 21.7. The number of carbonyl (C=O) groups is 2. The molecule has 7 heteroatoms. The average molecular weight is 658 g/mol. The summed E-state index contributed by atoms with van der Waals surface area (Å²) in [5.41, 5.74) is -0.0846. The highest BCUT2D eigenvalue weighted by atomic mass is 16.6. The summed E-state index contributed by atoms with van der Waals surface area (Å²) in [7, 11) is 4.23. The summed E-state index contributed by atoms with van der Waals surface area (Å²) in [6.07, 6.45) is 7.32. The van der Waals surface area contributed by atoms with Crippen molar-refractivity contribution in [1.29, 1.82) is 0 Å². The zero-order chi connectivity index (χ0) is 35.1. The Labute approximate surface area is 285 Å². The number of likely N-dealkylation sites (N-methyl/N-ethyl adjacent to an activating group) is 1. The van der Waals surface area contributed by atoms with Crippen molar-refractivity contribution in [3.8, 4) is 0 Å². The molecule has 47 heavy (non-hydrogen) atoms. The quantitative estimate of drug-likeness (QED) is 0.200. The highest BCUT2D eigenvalue weighted by Crippen LogP contribution is 2.75. The molecule has 7 nitrogen and oxygen atoms in total. The monoisotopic (exact) mass is 657 g/mol. The average Bonchev–Trinajstić information content (AvgIpc) is 2.96. The minimum Gasteiger partial charge on any atom is -0.481 e. The van der Waals surface area contributed by atoms with Crippen LogP contribution < -0.4 is 0 Å². The lowest BCUT2D eigenvalue weighted by molar-refractivity contribution is -0.271. The van der Waals surface area contributed by atoms with Crippen LogP contribution in [0, 0.1) is 62.6 Å². The maximum absolute atomic E-state index is 13.4. The molecule has 1 unspecified atom stereocenters. The second-order valence-corrected chi connectivity index (χ2v) is 18.8. The van der Waals surface area contributed by atoms with E-state index in [-0.39, 0.29) is 56.7 Å². The molecule has 2 bridgehead atoms. The molecule has 0 aromatic heterocycles. The summed E-state index contributed by atoms with van der Waals surface area (Å²) in [4.78, 5) is 28.3. The van der Waals surface area contributed by atoms with E-state index in [9.17, 15) is 14.7 Å². The van der Waals surface area contributed by atoms with E-state index in [1.165, 1.54) is 12.5 Å². The Morgan fingerprint density at radius 2 is 1.70 bits per heavy atom. The summed E-state index contributed by atoms with van der Waals surface area (Å²) in [5, 5.41) is 11.0. The molecule has 0 aromatic carbocycles. The molecular weight excluding hydrogens is 590 g/mol. The zero-order valence-electron chi connectivity index (χ0n) is 32.0. The van der Waals surface area contributed by atoms with Gasteiger partial charge in [0.25, 0.3) is 0 Å². The van der Waals surface area contributed by atoms with Gasteiger partial charge in [-0.3, -0.25) is 9.59 Å². The van der Waals surface area contributed by atoms with Crippen LogP contribution in [0.5, 0.6) is 0 Å². The van der Waals surface area contributed by atoms with Crippen LogP contribution in [-0.4, -0.2) is 73.6 Å². The number of ether oxygens (including phenoxy) is 3. The number of nitrogens with zero attached hydrogens (tertiary/aromatic N) is 1. The number of hydrogen-bond acceptors (Lipinski definition) is 6. The van der Waals surface area contributed by atoms with Crippen molar-refractivity contribution >= 4 is 11.9 Å². The molecule has 0 amide bonds. The predicted octanol–water partition coefficient (Wildman–Crippen LogP) is 7.87. The molecule has 0 radical (unpaired) electrons. The van der Waals surface area contributed by atoms with Crippen LogP contribution in [0.4, 0.5) is 0 Å². The lowest BCUT2D eigenvalue weighted by atomic mass is 9.34. The minimum absolute atomic E-state index is 0.154. The Morgan fingerprint density at radius 1 is 1.04 bits per heavy atom. The van der Waals surface area contributed by atoms with Gasteiger partial charge in [0.05, 0.1) is 25.7 Å². The first kappa shape index (κ1) is 36.8. The Morgan fingerprint density at radius 3 is 2.26 bits per heavy atom. The van der Waals surface area contributed by atoms with Gasteiger partial charge in [-0.05, 0) is 105 Å². The van der Waals surface area contributed by atoms with Gasteiger partial charge in [-0.1, -0.05) is 74.0 Å². The van der Waals surface area contributed by atoms with Crippen LogP contribution in [-0.2, 0) is 23.8 Å². The van der Waals surface area contributed by atoms with E-state index in [2.05, 4.69) is 94.3 Å². The van der Waals surface area contributed by atoms with Gasteiger partial charge in [-0.15, -0.1) is 0 Å². The summed E-state index contributed by atoms with van der Waals surface area (Å²) in [6, 6.07) is 0. The van der Waals surface area contributed by atoms with E-state index < -0.39 is 11.9 Å². The predicted molar refractivity (Wildman–Crippen MR) is 186 cm³/mol. The molecule has 1 N–H and O–H groups in total. The number of allylic oxidation sites excluding steroid dienone is 1. The first-order valence-corrected chi connectivity index (χ1v) is 18.6. The van der Waals surface area contributed by atoms with Gasteiger partial charge in [-0.2, -0.15) is 0 Å². The summed E-state index contributed by atoms with van der Waals surface area (Å²) < 4.78 is 19.9. The molecular formula is C40H67NO6. The molecule has 268 valence electrons. The highest BCUT2D eigenvalue weighted by Gasteiger charge is 2.72. The van der Waals surface area contributed by atoms with Crippen molar-refractivity contribution in [3.63, 3.8) is 0 Å². The normalized spacial score (nSPS) is 44.9. The topological polar surface area (TPSA) is 85.3 Å². The van der Waals surface area contributed by atoms with Crippen molar-refractivity contribution in [2.75, 3.05) is 33.9 Å². The molecule has 12 atom stereocenters. The van der Waals surface area contributed by atoms with E-state index in [1.54, 1.807) is 0 Å². The fourth-order valence-electron chi connectivity index (χ4n) is 12.3. The van der Waals surface area contributed by atoms with Crippen LogP contribution in [0.15, 0.2) is 11.6 Å². The summed E-state index contributed by atoms with van der Waals surface area (Å²) in [6.45, 7) is 26.1. The molecule has 1 heterocycles. The van der Waals surface area contributed by atoms with Crippen LogP contribution >= 0.6 is 0 Å². The molecule has 4 aliphatic carbocycles. The standard InChI is InChI=1S/C40H67NO6/c1-24(2)26(5)35(7)18-19-37(9)28-14-15-31-36(8)21-45-23-40(31,29(28)16-17-38(37,10)32(35)34(43)44)20-30(47-27(6)42)33(36)46-22-39(11,25(3)4)41(12)13/h16,24-26,28,30-33H,14-15,17-23H2,1-13H3,(H,43,44)/t26-,28+,30-,31+,32-,33+,35-,36-,37-,38+,39?,40+/m1/s1. The second-order valence-electron chi connectivity index (χ2n) is 18.8. The summed E-state index contributed by atoms with van der Waals surface area (Å²) in [5.74, 6) is 0.394. The molecule has 5 aliphatic rings. The van der Waals surface area contributed by atoms with Crippen LogP contribution in [0.25, 0.3) is 0 Å². The Hall–Kier alpha value is -1.44. The van der Waals surface area contributed by atoms with Gasteiger partial charge in [0.2, 0.25) is 0 Å². The van der Waals surface area contributed by atoms with Crippen molar-refractivity contribution < 1.29 is 28.9 Å². The van der Waals surface area contributed by atoms with Gasteiger partial charge in [0.1, 0.15) is 12.2 Å². The maximum Gasteiger partial charge on any atom is 0.307 e. The number of esters is 1. The van der Waals surface area contributed by atoms with E-state index in [1.807, 2.05) is 0 Å². The van der Waals surface area contributed by atoms with Crippen molar-refractivity contribution in [2.45, 2.75) is 132 Å². The third kappa shape index (κ3) is 5.20.